The summed E-state index contributed by atoms with van der Waals surface area (Å²) >= 11 is 0. The number of benzene rings is 1. The van der Waals surface area contributed by atoms with Crippen LogP contribution in [-0.2, 0) is 25.5 Å². The number of ketones is 1. The topological polar surface area (TPSA) is 127 Å². The van der Waals surface area contributed by atoms with E-state index in [4.69, 9.17) is 9.47 Å². The van der Waals surface area contributed by atoms with Gasteiger partial charge in [0.15, 0.2) is 5.78 Å². The molecule has 0 saturated heterocycles. The van der Waals surface area contributed by atoms with Crippen molar-refractivity contribution in [3.63, 3.8) is 0 Å². The summed E-state index contributed by atoms with van der Waals surface area (Å²) < 4.78 is 10.0. The number of azo groups is 1. The van der Waals surface area contributed by atoms with Gasteiger partial charge in [-0.1, -0.05) is 55.2 Å². The molecular formula is C31H37N3O6. The van der Waals surface area contributed by atoms with Crippen LogP contribution in [0.2, 0.25) is 0 Å². The average Bonchev–Trinajstić information content (AvgIpc) is 2.91. The van der Waals surface area contributed by atoms with E-state index in [-0.39, 0.29) is 48.1 Å². The van der Waals surface area contributed by atoms with Crippen LogP contribution in [0.1, 0.15) is 33.3 Å². The van der Waals surface area contributed by atoms with Crippen molar-refractivity contribution in [3.8, 4) is 0 Å². The van der Waals surface area contributed by atoms with Gasteiger partial charge in [0.25, 0.3) is 0 Å². The molecule has 9 nitrogen and oxygen atoms in total. The molecule has 2 N–H and O–H groups in total. The van der Waals surface area contributed by atoms with Crippen LogP contribution in [-0.4, -0.2) is 42.7 Å². The molecule has 0 fully saturated rings. The Morgan fingerprint density at radius 3 is 2.30 bits per heavy atom. The second kappa shape index (κ2) is 18.5. The van der Waals surface area contributed by atoms with Crippen molar-refractivity contribution in [2.24, 2.45) is 10.2 Å². The fourth-order valence-electron chi connectivity index (χ4n) is 2.72. The van der Waals surface area contributed by atoms with Crippen LogP contribution in [0.15, 0.2) is 118 Å². The molecule has 0 saturated carbocycles. The highest BCUT2D eigenvalue weighted by atomic mass is 16.6. The lowest BCUT2D eigenvalue weighted by Crippen LogP contribution is -2.29. The Labute approximate surface area is 235 Å². The Balaban J connectivity index is 2.72. The molecular weight excluding hydrogens is 510 g/mol. The minimum absolute atomic E-state index is 0.0232. The Morgan fingerprint density at radius 1 is 0.975 bits per heavy atom. The van der Waals surface area contributed by atoms with Crippen molar-refractivity contribution in [2.75, 3.05) is 19.8 Å². The number of carbonyl (C=O) groups excluding carboxylic acids is 3. The monoisotopic (exact) mass is 547 g/mol. The molecule has 0 aromatic heterocycles. The lowest BCUT2D eigenvalue weighted by atomic mass is 10.1. The third-order valence-corrected chi connectivity index (χ3v) is 4.78. The van der Waals surface area contributed by atoms with E-state index < -0.39 is 12.1 Å². The summed E-state index contributed by atoms with van der Waals surface area (Å²) in [6.07, 6.45) is 11.0. The molecule has 0 aliphatic rings. The quantitative estimate of drug-likeness (QED) is 0.0628. The molecule has 0 bridgehead atoms. The Kier molecular flexibility index (Phi) is 15.3. The zero-order chi connectivity index (χ0) is 29.9. The zero-order valence-electron chi connectivity index (χ0n) is 23.5. The van der Waals surface area contributed by atoms with E-state index in [1.807, 2.05) is 39.0 Å². The van der Waals surface area contributed by atoms with Crippen molar-refractivity contribution >= 4 is 23.5 Å². The molecule has 0 unspecified atom stereocenters. The van der Waals surface area contributed by atoms with E-state index in [2.05, 4.69) is 28.7 Å². The molecule has 1 rings (SSSR count). The highest BCUT2D eigenvalue weighted by Gasteiger charge is 2.06. The lowest BCUT2D eigenvalue weighted by Gasteiger charge is -2.08. The van der Waals surface area contributed by atoms with Gasteiger partial charge < -0.3 is 19.9 Å². The summed E-state index contributed by atoms with van der Waals surface area (Å²) in [5.74, 6) is -0.981. The van der Waals surface area contributed by atoms with Gasteiger partial charge in [-0.3, -0.25) is 4.79 Å². The largest absolute Gasteiger partial charge is 0.506 e. The number of hydrogen-bond acceptors (Lipinski definition) is 8. The smallest absolute Gasteiger partial charge is 0.407 e. The summed E-state index contributed by atoms with van der Waals surface area (Å²) in [5, 5.41) is 21.2. The van der Waals surface area contributed by atoms with Crippen molar-refractivity contribution in [3.05, 3.63) is 114 Å². The standard InChI is InChI=1S/C31H37N3O6/c1-7-8-9-10-24(6)28(35)16-15-27(29(36)21-22(2)3)34-33-26-13-11-25(12-14-26)17-19-40-31(38)32-18-20-39-30(37)23(4)5/h7-16,21,36H,4,6,17-20H2,1-3,5H3,(H,32,38)/b8-7?,10-9?,16-15?,29-27?,34-33+. The summed E-state index contributed by atoms with van der Waals surface area (Å²) in [6, 6.07) is 7.08. The molecule has 0 heterocycles. The van der Waals surface area contributed by atoms with Crippen LogP contribution < -0.4 is 5.32 Å². The van der Waals surface area contributed by atoms with Gasteiger partial charge in [0.2, 0.25) is 0 Å². The lowest BCUT2D eigenvalue weighted by molar-refractivity contribution is -0.138. The summed E-state index contributed by atoms with van der Waals surface area (Å²) in [6.45, 7) is 14.6. The van der Waals surface area contributed by atoms with Gasteiger partial charge in [0, 0.05) is 17.6 Å². The minimum atomic E-state index is -0.615. The second-order valence-corrected chi connectivity index (χ2v) is 8.70. The van der Waals surface area contributed by atoms with Gasteiger partial charge in [-0.2, -0.15) is 5.11 Å². The molecule has 212 valence electrons. The van der Waals surface area contributed by atoms with Crippen molar-refractivity contribution < 1.29 is 29.0 Å². The Bertz CT molecular complexity index is 1240. The first-order valence-corrected chi connectivity index (χ1v) is 12.6. The molecule has 0 aliphatic heterocycles. The van der Waals surface area contributed by atoms with E-state index in [9.17, 15) is 19.5 Å². The fraction of sp³-hybridized carbons (Fsp3) is 0.258. The summed E-state index contributed by atoms with van der Waals surface area (Å²) in [4.78, 5) is 35.4. The number of ether oxygens (including phenoxy) is 2. The molecule has 1 amide bonds. The predicted octanol–water partition coefficient (Wildman–Crippen LogP) is 6.71. The van der Waals surface area contributed by atoms with Crippen LogP contribution in [0.4, 0.5) is 10.5 Å². The number of allylic oxidation sites excluding steroid dienone is 9. The number of alkyl carbamates (subject to hydrolysis) is 1. The zero-order valence-corrected chi connectivity index (χ0v) is 23.5. The van der Waals surface area contributed by atoms with Crippen molar-refractivity contribution in [1.82, 2.24) is 5.32 Å². The number of rotatable bonds is 15. The van der Waals surface area contributed by atoms with Crippen LogP contribution in [0.3, 0.4) is 0 Å². The van der Waals surface area contributed by atoms with E-state index in [0.29, 0.717) is 12.1 Å². The minimum Gasteiger partial charge on any atom is -0.506 e. The van der Waals surface area contributed by atoms with Gasteiger partial charge in [-0.15, -0.1) is 5.11 Å². The number of hydrogen-bond donors (Lipinski definition) is 2. The molecule has 0 radical (unpaired) electrons. The van der Waals surface area contributed by atoms with E-state index in [0.717, 1.165) is 11.1 Å². The maximum atomic E-state index is 12.3. The van der Waals surface area contributed by atoms with Crippen LogP contribution in [0.5, 0.6) is 0 Å². The van der Waals surface area contributed by atoms with Gasteiger partial charge in [0.05, 0.1) is 18.8 Å². The van der Waals surface area contributed by atoms with E-state index >= 15 is 0 Å². The van der Waals surface area contributed by atoms with Gasteiger partial charge >= 0.3 is 12.1 Å². The molecule has 9 heteroatoms. The number of amides is 1. The third kappa shape index (κ3) is 14.2. The maximum absolute atomic E-state index is 12.3. The first-order valence-electron chi connectivity index (χ1n) is 12.6. The number of aliphatic hydroxyl groups excluding tert-OH is 1. The highest BCUT2D eigenvalue weighted by Crippen LogP contribution is 2.18. The van der Waals surface area contributed by atoms with E-state index in [1.54, 1.807) is 30.4 Å². The predicted molar refractivity (Wildman–Crippen MR) is 156 cm³/mol. The normalized spacial score (nSPS) is 12.0. The molecule has 0 atom stereocenters. The summed E-state index contributed by atoms with van der Waals surface area (Å²) in [7, 11) is 0. The van der Waals surface area contributed by atoms with Crippen LogP contribution in [0.25, 0.3) is 0 Å². The first kappa shape index (κ1) is 33.2. The Hall–Kier alpha value is -4.79. The van der Waals surface area contributed by atoms with Crippen LogP contribution in [0, 0.1) is 0 Å². The molecule has 0 spiro atoms. The SMILES string of the molecule is C=C(C)C(=O)OCCNC(=O)OCCc1ccc(/N=N/C(C=CC(=O)C(=C)C=CC=CC)=C(O)C=C(C)C)cc1. The van der Waals surface area contributed by atoms with Gasteiger partial charge in [0.1, 0.15) is 18.1 Å². The number of nitrogens with zero attached hydrogens (tertiary/aromatic N) is 2. The fourth-order valence-corrected chi connectivity index (χ4v) is 2.72. The highest BCUT2D eigenvalue weighted by molar-refractivity contribution is 6.05. The third-order valence-electron chi connectivity index (χ3n) is 4.78. The van der Waals surface area contributed by atoms with Crippen molar-refractivity contribution in [1.29, 1.82) is 0 Å². The number of esters is 1. The average molecular weight is 548 g/mol. The maximum Gasteiger partial charge on any atom is 0.407 e. The van der Waals surface area contributed by atoms with Crippen molar-refractivity contribution in [2.45, 2.75) is 34.1 Å². The van der Waals surface area contributed by atoms with Crippen LogP contribution >= 0.6 is 0 Å². The van der Waals surface area contributed by atoms with Gasteiger partial charge in [-0.25, -0.2) is 9.59 Å². The molecule has 40 heavy (non-hydrogen) atoms. The molecule has 0 aliphatic carbocycles. The summed E-state index contributed by atoms with van der Waals surface area (Å²) in [5.41, 5.74) is 2.95. The number of carbonyl (C=O) groups is 3. The van der Waals surface area contributed by atoms with E-state index in [1.165, 1.54) is 25.2 Å². The molecule has 1 aromatic rings. The number of aliphatic hydroxyl groups is 1. The first-order chi connectivity index (χ1) is 19.0. The Morgan fingerprint density at radius 2 is 1.68 bits per heavy atom. The second-order valence-electron chi connectivity index (χ2n) is 8.70. The number of nitrogens with one attached hydrogen (secondary N) is 1. The van der Waals surface area contributed by atoms with Gasteiger partial charge in [-0.05, 0) is 63.6 Å². The molecule has 1 aromatic carbocycles.